The zero-order chi connectivity index (χ0) is 21.3. The Morgan fingerprint density at radius 2 is 2.13 bits per heavy atom. The van der Waals surface area contributed by atoms with Gasteiger partial charge < -0.3 is 19.7 Å². The molecule has 1 amide bonds. The highest BCUT2D eigenvalue weighted by Gasteiger charge is 2.38. The monoisotopic (exact) mass is 430 g/mol. The second kappa shape index (κ2) is 8.25. The number of nitrogens with one attached hydrogen (secondary N) is 1. The second-order valence-electron chi connectivity index (χ2n) is 6.83. The fourth-order valence-corrected chi connectivity index (χ4v) is 3.21. The summed E-state index contributed by atoms with van der Waals surface area (Å²) in [6, 6.07) is 7.79. The quantitative estimate of drug-likeness (QED) is 0.606. The number of halogens is 1. The van der Waals surface area contributed by atoms with Crippen LogP contribution >= 0.6 is 11.6 Å². The maximum Gasteiger partial charge on any atom is 0.416 e. The normalized spacial score (nSPS) is 18.2. The molecule has 1 fully saturated rings. The number of benzene rings is 1. The molecule has 30 heavy (non-hydrogen) atoms. The van der Waals surface area contributed by atoms with E-state index in [9.17, 15) is 9.90 Å². The van der Waals surface area contributed by atoms with Crippen LogP contribution in [0, 0.1) is 0 Å². The standard InChI is InChI=1S/C19H19ClN6O4/c1-10(17-24-16(25-30-17)12-4-3-5-13(20)8-12)22-18-21-7-6-15(23-18)26-14(11(2)27)9-29-19(26)28/h3-8,10-11,14,27H,9H2,1-2H3,(H,21,22,23)/t10-,11+,14?/m0/s1. The molecule has 2 N–H and O–H groups in total. The van der Waals surface area contributed by atoms with Gasteiger partial charge in [-0.05, 0) is 32.0 Å². The third kappa shape index (κ3) is 4.05. The van der Waals surface area contributed by atoms with Gasteiger partial charge in [0.05, 0.1) is 6.10 Å². The lowest BCUT2D eigenvalue weighted by Gasteiger charge is -2.22. The van der Waals surface area contributed by atoms with Crippen LogP contribution in [0.1, 0.15) is 25.8 Å². The van der Waals surface area contributed by atoms with Crippen LogP contribution < -0.4 is 10.2 Å². The van der Waals surface area contributed by atoms with E-state index >= 15 is 0 Å². The Balaban J connectivity index is 1.51. The Bertz CT molecular complexity index is 1060. The van der Waals surface area contributed by atoms with Gasteiger partial charge in [-0.2, -0.15) is 9.97 Å². The molecular formula is C19H19ClN6O4. The number of amides is 1. The Labute approximate surface area is 176 Å². The SMILES string of the molecule is C[C@H](Nc1nccc(N2C(=O)OCC2[C@@H](C)O)n1)c1nc(-c2cccc(Cl)c2)no1. The molecule has 1 saturated heterocycles. The molecule has 156 valence electrons. The van der Waals surface area contributed by atoms with Crippen molar-refractivity contribution in [1.82, 2.24) is 20.1 Å². The number of cyclic esters (lactones) is 1. The number of aliphatic hydroxyl groups excluding tert-OH is 1. The molecule has 3 aromatic rings. The van der Waals surface area contributed by atoms with E-state index in [2.05, 4.69) is 25.4 Å². The van der Waals surface area contributed by atoms with E-state index in [4.69, 9.17) is 20.9 Å². The first-order valence-corrected chi connectivity index (χ1v) is 9.63. The summed E-state index contributed by atoms with van der Waals surface area (Å²) in [5.41, 5.74) is 0.736. The van der Waals surface area contributed by atoms with Gasteiger partial charge in [0.2, 0.25) is 17.7 Å². The summed E-state index contributed by atoms with van der Waals surface area (Å²) in [4.78, 5) is 26.3. The molecule has 0 aliphatic carbocycles. The van der Waals surface area contributed by atoms with Crippen LogP contribution in [0.3, 0.4) is 0 Å². The molecule has 1 aliphatic heterocycles. The van der Waals surface area contributed by atoms with E-state index in [1.54, 1.807) is 31.2 Å². The summed E-state index contributed by atoms with van der Waals surface area (Å²) in [5.74, 6) is 1.32. The molecule has 3 atom stereocenters. The largest absolute Gasteiger partial charge is 0.447 e. The van der Waals surface area contributed by atoms with E-state index in [0.717, 1.165) is 5.56 Å². The zero-order valence-corrected chi connectivity index (χ0v) is 16.9. The van der Waals surface area contributed by atoms with E-state index in [1.165, 1.54) is 11.1 Å². The lowest BCUT2D eigenvalue weighted by atomic mass is 10.2. The molecule has 3 heterocycles. The summed E-state index contributed by atoms with van der Waals surface area (Å²) in [6.45, 7) is 3.50. The third-order valence-corrected chi connectivity index (χ3v) is 4.83. The Hall–Kier alpha value is -3.24. The maximum absolute atomic E-state index is 12.1. The van der Waals surface area contributed by atoms with Gasteiger partial charge in [-0.1, -0.05) is 28.9 Å². The van der Waals surface area contributed by atoms with Gasteiger partial charge in [0.1, 0.15) is 24.5 Å². The molecule has 4 rings (SSSR count). The topological polar surface area (TPSA) is 127 Å². The Kier molecular flexibility index (Phi) is 5.51. The van der Waals surface area contributed by atoms with Crippen molar-refractivity contribution >= 4 is 29.5 Å². The number of nitrogens with zero attached hydrogens (tertiary/aromatic N) is 5. The predicted octanol–water partition coefficient (Wildman–Crippen LogP) is 3.06. The number of aromatic nitrogens is 4. The highest BCUT2D eigenvalue weighted by molar-refractivity contribution is 6.30. The smallest absolute Gasteiger partial charge is 0.416 e. The summed E-state index contributed by atoms with van der Waals surface area (Å²) < 4.78 is 10.4. The van der Waals surface area contributed by atoms with Crippen LogP contribution in [0.5, 0.6) is 0 Å². The first-order chi connectivity index (χ1) is 14.4. The number of rotatable bonds is 6. The molecule has 1 aliphatic rings. The average molecular weight is 431 g/mol. The minimum atomic E-state index is -0.773. The van der Waals surface area contributed by atoms with Crippen molar-refractivity contribution in [3.05, 3.63) is 47.4 Å². The van der Waals surface area contributed by atoms with Crippen LogP contribution in [-0.4, -0.2) is 50.1 Å². The van der Waals surface area contributed by atoms with Gasteiger partial charge in [0.15, 0.2) is 0 Å². The van der Waals surface area contributed by atoms with Crippen molar-refractivity contribution < 1.29 is 19.2 Å². The lowest BCUT2D eigenvalue weighted by molar-refractivity contribution is 0.142. The van der Waals surface area contributed by atoms with Crippen molar-refractivity contribution in [3.8, 4) is 11.4 Å². The van der Waals surface area contributed by atoms with E-state index in [1.807, 2.05) is 13.0 Å². The highest BCUT2D eigenvalue weighted by atomic mass is 35.5. The molecule has 11 heteroatoms. The molecule has 0 bridgehead atoms. The van der Waals surface area contributed by atoms with Gasteiger partial charge >= 0.3 is 6.09 Å². The van der Waals surface area contributed by atoms with Crippen molar-refractivity contribution in [3.63, 3.8) is 0 Å². The minimum absolute atomic E-state index is 0.0912. The number of hydrogen-bond acceptors (Lipinski definition) is 9. The van der Waals surface area contributed by atoms with E-state index in [-0.39, 0.29) is 12.6 Å². The van der Waals surface area contributed by atoms with Gasteiger partial charge in [0, 0.05) is 16.8 Å². The Morgan fingerprint density at radius 1 is 1.30 bits per heavy atom. The maximum atomic E-state index is 12.1. The first kappa shape index (κ1) is 20.0. The summed E-state index contributed by atoms with van der Waals surface area (Å²) in [7, 11) is 0. The predicted molar refractivity (Wildman–Crippen MR) is 108 cm³/mol. The number of hydrogen-bond donors (Lipinski definition) is 2. The first-order valence-electron chi connectivity index (χ1n) is 9.25. The number of anilines is 2. The van der Waals surface area contributed by atoms with Crippen LogP contribution in [0.25, 0.3) is 11.4 Å². The van der Waals surface area contributed by atoms with Crippen molar-refractivity contribution in [2.24, 2.45) is 0 Å². The molecule has 10 nitrogen and oxygen atoms in total. The highest BCUT2D eigenvalue weighted by Crippen LogP contribution is 2.26. The molecule has 0 saturated carbocycles. The van der Waals surface area contributed by atoms with Gasteiger partial charge in [-0.25, -0.2) is 9.78 Å². The summed E-state index contributed by atoms with van der Waals surface area (Å²) in [6.07, 6.45) is 0.166. The number of aliphatic hydroxyl groups is 1. The van der Waals surface area contributed by atoms with Gasteiger partial charge in [-0.15, -0.1) is 0 Å². The summed E-state index contributed by atoms with van der Waals surface area (Å²) in [5, 5.41) is 17.5. The summed E-state index contributed by atoms with van der Waals surface area (Å²) >= 11 is 6.01. The molecular weight excluding hydrogens is 412 g/mol. The van der Waals surface area contributed by atoms with Crippen LogP contribution in [-0.2, 0) is 4.74 Å². The van der Waals surface area contributed by atoms with Crippen LogP contribution in [0.4, 0.5) is 16.6 Å². The van der Waals surface area contributed by atoms with Gasteiger partial charge in [0.25, 0.3) is 0 Å². The van der Waals surface area contributed by atoms with E-state index < -0.39 is 24.3 Å². The lowest BCUT2D eigenvalue weighted by Crippen LogP contribution is -2.41. The molecule has 1 unspecified atom stereocenters. The van der Waals surface area contributed by atoms with Gasteiger partial charge in [-0.3, -0.25) is 4.90 Å². The third-order valence-electron chi connectivity index (χ3n) is 4.59. The van der Waals surface area contributed by atoms with Crippen molar-refractivity contribution in [2.75, 3.05) is 16.8 Å². The van der Waals surface area contributed by atoms with E-state index in [0.29, 0.717) is 22.6 Å². The number of ether oxygens (including phenoxy) is 1. The number of carbonyl (C=O) groups excluding carboxylic acids is 1. The van der Waals surface area contributed by atoms with Crippen LogP contribution in [0.2, 0.25) is 5.02 Å². The minimum Gasteiger partial charge on any atom is -0.447 e. The fraction of sp³-hybridized carbons (Fsp3) is 0.316. The zero-order valence-electron chi connectivity index (χ0n) is 16.2. The van der Waals surface area contributed by atoms with Crippen molar-refractivity contribution in [1.29, 1.82) is 0 Å². The second-order valence-corrected chi connectivity index (χ2v) is 7.26. The Morgan fingerprint density at radius 3 is 2.90 bits per heavy atom. The molecule has 1 aromatic carbocycles. The average Bonchev–Trinajstić information content (AvgIpc) is 3.35. The molecule has 2 aromatic heterocycles. The van der Waals surface area contributed by atoms with Crippen molar-refractivity contribution in [2.45, 2.75) is 32.0 Å². The molecule has 0 spiro atoms. The fourth-order valence-electron chi connectivity index (χ4n) is 3.02. The van der Waals surface area contributed by atoms with Crippen LogP contribution in [0.15, 0.2) is 41.1 Å². The number of carbonyl (C=O) groups is 1. The molecule has 0 radical (unpaired) electrons.